The SMILES string of the molecule is O=C(c1ccc(Cl)cc1)N1CCC(C(=O)N2CCC[C@@H]2c2ccc3c(c2)OCCCO3)CC1. The summed E-state index contributed by atoms with van der Waals surface area (Å²) in [6.07, 6.45) is 4.22. The van der Waals surface area contributed by atoms with E-state index in [-0.39, 0.29) is 23.8 Å². The first-order valence-corrected chi connectivity index (χ1v) is 12.2. The van der Waals surface area contributed by atoms with E-state index in [1.54, 1.807) is 24.3 Å². The van der Waals surface area contributed by atoms with Crippen molar-refractivity contribution in [2.75, 3.05) is 32.8 Å². The number of carbonyl (C=O) groups is 2. The summed E-state index contributed by atoms with van der Waals surface area (Å²) in [4.78, 5) is 30.1. The quantitative estimate of drug-likeness (QED) is 0.654. The van der Waals surface area contributed by atoms with Gasteiger partial charge in [0.05, 0.1) is 19.3 Å². The highest BCUT2D eigenvalue weighted by molar-refractivity contribution is 6.30. The van der Waals surface area contributed by atoms with Crippen LogP contribution in [0.1, 0.15) is 54.1 Å². The number of fused-ring (bicyclic) bond motifs is 1. The summed E-state index contributed by atoms with van der Waals surface area (Å²) in [6, 6.07) is 13.1. The molecule has 3 heterocycles. The molecule has 2 saturated heterocycles. The van der Waals surface area contributed by atoms with Crippen molar-refractivity contribution in [1.29, 1.82) is 0 Å². The van der Waals surface area contributed by atoms with Crippen LogP contribution in [0.4, 0.5) is 0 Å². The molecule has 7 heteroatoms. The molecule has 0 aromatic heterocycles. The van der Waals surface area contributed by atoms with Crippen molar-refractivity contribution in [3.63, 3.8) is 0 Å². The average Bonchev–Trinajstić information content (AvgIpc) is 3.22. The molecule has 0 saturated carbocycles. The van der Waals surface area contributed by atoms with Gasteiger partial charge in [-0.3, -0.25) is 9.59 Å². The van der Waals surface area contributed by atoms with Crippen molar-refractivity contribution in [2.45, 2.75) is 38.1 Å². The Morgan fingerprint density at radius 2 is 1.58 bits per heavy atom. The van der Waals surface area contributed by atoms with Gasteiger partial charge < -0.3 is 19.3 Å². The highest BCUT2D eigenvalue weighted by Gasteiger charge is 2.36. The fourth-order valence-corrected chi connectivity index (χ4v) is 5.23. The smallest absolute Gasteiger partial charge is 0.253 e. The summed E-state index contributed by atoms with van der Waals surface area (Å²) in [5.74, 6) is 1.73. The normalized spacial score (nSPS) is 21.1. The van der Waals surface area contributed by atoms with E-state index in [9.17, 15) is 9.59 Å². The van der Waals surface area contributed by atoms with Crippen LogP contribution in [-0.2, 0) is 4.79 Å². The lowest BCUT2D eigenvalue weighted by Crippen LogP contribution is -2.44. The maximum Gasteiger partial charge on any atom is 0.253 e. The molecule has 0 aliphatic carbocycles. The third-order valence-corrected chi connectivity index (χ3v) is 7.17. The van der Waals surface area contributed by atoms with E-state index in [0.29, 0.717) is 49.7 Å². The van der Waals surface area contributed by atoms with Gasteiger partial charge in [-0.2, -0.15) is 0 Å². The molecule has 33 heavy (non-hydrogen) atoms. The molecule has 0 bridgehead atoms. The standard InChI is InChI=1S/C26H29ClN2O4/c27-21-7-4-18(5-8-21)25(30)28-13-10-19(11-14-28)26(31)29-12-1-3-22(29)20-6-9-23-24(17-20)33-16-2-15-32-23/h4-9,17,19,22H,1-3,10-16H2/t22-/m1/s1. The summed E-state index contributed by atoms with van der Waals surface area (Å²) in [7, 11) is 0. The van der Waals surface area contributed by atoms with Crippen molar-refractivity contribution in [1.82, 2.24) is 9.80 Å². The summed E-state index contributed by atoms with van der Waals surface area (Å²) >= 11 is 5.94. The molecule has 174 valence electrons. The van der Waals surface area contributed by atoms with Crippen molar-refractivity contribution >= 4 is 23.4 Å². The van der Waals surface area contributed by atoms with E-state index in [1.165, 1.54) is 0 Å². The first-order valence-electron chi connectivity index (χ1n) is 11.8. The minimum absolute atomic E-state index is 0.00353. The van der Waals surface area contributed by atoms with E-state index in [2.05, 4.69) is 6.07 Å². The Labute approximate surface area is 199 Å². The number of piperidine rings is 1. The highest BCUT2D eigenvalue weighted by atomic mass is 35.5. The van der Waals surface area contributed by atoms with Crippen LogP contribution in [0.25, 0.3) is 0 Å². The Kier molecular flexibility index (Phi) is 6.45. The molecule has 5 rings (SSSR count). The number of amides is 2. The molecule has 2 amide bonds. The third-order valence-electron chi connectivity index (χ3n) is 6.91. The topological polar surface area (TPSA) is 59.1 Å². The highest BCUT2D eigenvalue weighted by Crippen LogP contribution is 2.39. The van der Waals surface area contributed by atoms with E-state index >= 15 is 0 Å². The Morgan fingerprint density at radius 1 is 0.848 bits per heavy atom. The first kappa shape index (κ1) is 22.1. The molecule has 0 N–H and O–H groups in total. The average molecular weight is 469 g/mol. The summed E-state index contributed by atoms with van der Waals surface area (Å²) < 4.78 is 11.6. The number of ether oxygens (including phenoxy) is 2. The Hall–Kier alpha value is -2.73. The second-order valence-electron chi connectivity index (χ2n) is 9.02. The van der Waals surface area contributed by atoms with Crippen LogP contribution in [-0.4, -0.2) is 54.5 Å². The fourth-order valence-electron chi connectivity index (χ4n) is 5.10. The van der Waals surface area contributed by atoms with Gasteiger partial charge >= 0.3 is 0 Å². The number of carbonyl (C=O) groups excluding carboxylic acids is 2. The number of halogens is 1. The molecule has 1 atom stereocenters. The van der Waals surface area contributed by atoms with Gasteiger partial charge in [-0.05, 0) is 67.6 Å². The molecular formula is C26H29ClN2O4. The predicted molar refractivity (Wildman–Crippen MR) is 126 cm³/mol. The van der Waals surface area contributed by atoms with Crippen LogP contribution in [0.15, 0.2) is 42.5 Å². The van der Waals surface area contributed by atoms with Crippen molar-refractivity contribution in [3.8, 4) is 11.5 Å². The van der Waals surface area contributed by atoms with Crippen LogP contribution in [0.3, 0.4) is 0 Å². The molecule has 2 aromatic rings. The van der Waals surface area contributed by atoms with E-state index in [1.807, 2.05) is 21.9 Å². The Balaban J connectivity index is 1.23. The molecule has 0 radical (unpaired) electrons. The number of rotatable bonds is 3. The molecule has 6 nitrogen and oxygen atoms in total. The molecule has 3 aliphatic rings. The molecule has 2 aromatic carbocycles. The lowest BCUT2D eigenvalue weighted by molar-refractivity contribution is -0.137. The van der Waals surface area contributed by atoms with Gasteiger partial charge in [0, 0.05) is 42.6 Å². The minimum atomic E-state index is -0.0414. The first-order chi connectivity index (χ1) is 16.1. The van der Waals surface area contributed by atoms with E-state index < -0.39 is 0 Å². The summed E-state index contributed by atoms with van der Waals surface area (Å²) in [6.45, 7) is 3.29. The zero-order valence-corrected chi connectivity index (χ0v) is 19.4. The second kappa shape index (κ2) is 9.64. The fraction of sp³-hybridized carbons (Fsp3) is 0.462. The monoisotopic (exact) mass is 468 g/mol. The molecule has 2 fully saturated rings. The zero-order valence-electron chi connectivity index (χ0n) is 18.7. The van der Waals surface area contributed by atoms with E-state index in [4.69, 9.17) is 21.1 Å². The number of likely N-dealkylation sites (tertiary alicyclic amines) is 2. The lowest BCUT2D eigenvalue weighted by atomic mass is 9.93. The number of nitrogens with zero attached hydrogens (tertiary/aromatic N) is 2. The largest absolute Gasteiger partial charge is 0.490 e. The lowest BCUT2D eigenvalue weighted by Gasteiger charge is -2.35. The van der Waals surface area contributed by atoms with Crippen molar-refractivity contribution in [3.05, 3.63) is 58.6 Å². The Bertz CT molecular complexity index is 1020. The Morgan fingerprint density at radius 3 is 2.33 bits per heavy atom. The zero-order chi connectivity index (χ0) is 22.8. The molecular weight excluding hydrogens is 440 g/mol. The van der Waals surface area contributed by atoms with Crippen LogP contribution in [0, 0.1) is 5.92 Å². The van der Waals surface area contributed by atoms with Gasteiger partial charge in [0.2, 0.25) is 5.91 Å². The predicted octanol–water partition coefficient (Wildman–Crippen LogP) is 4.72. The van der Waals surface area contributed by atoms with Gasteiger partial charge in [-0.1, -0.05) is 17.7 Å². The second-order valence-corrected chi connectivity index (χ2v) is 9.46. The van der Waals surface area contributed by atoms with Crippen LogP contribution in [0.5, 0.6) is 11.5 Å². The maximum absolute atomic E-state index is 13.5. The van der Waals surface area contributed by atoms with Crippen molar-refractivity contribution in [2.24, 2.45) is 5.92 Å². The number of hydrogen-bond acceptors (Lipinski definition) is 4. The van der Waals surface area contributed by atoms with Crippen LogP contribution in [0.2, 0.25) is 5.02 Å². The van der Waals surface area contributed by atoms with Gasteiger partial charge in [0.25, 0.3) is 5.91 Å². The van der Waals surface area contributed by atoms with Crippen LogP contribution >= 0.6 is 11.6 Å². The van der Waals surface area contributed by atoms with Gasteiger partial charge in [0.1, 0.15) is 0 Å². The third kappa shape index (κ3) is 4.67. The summed E-state index contributed by atoms with van der Waals surface area (Å²) in [5, 5.41) is 0.615. The summed E-state index contributed by atoms with van der Waals surface area (Å²) in [5.41, 5.74) is 1.75. The van der Waals surface area contributed by atoms with Gasteiger partial charge in [-0.15, -0.1) is 0 Å². The molecule has 0 spiro atoms. The van der Waals surface area contributed by atoms with Crippen molar-refractivity contribution < 1.29 is 19.1 Å². The molecule has 0 unspecified atom stereocenters. The minimum Gasteiger partial charge on any atom is -0.490 e. The maximum atomic E-state index is 13.5. The molecule has 3 aliphatic heterocycles. The van der Waals surface area contributed by atoms with E-state index in [0.717, 1.165) is 42.9 Å². The van der Waals surface area contributed by atoms with Crippen LogP contribution < -0.4 is 9.47 Å². The number of benzene rings is 2. The van der Waals surface area contributed by atoms with Gasteiger partial charge in [0.15, 0.2) is 11.5 Å². The number of hydrogen-bond donors (Lipinski definition) is 0. The van der Waals surface area contributed by atoms with Gasteiger partial charge in [-0.25, -0.2) is 0 Å².